The first-order valence-electron chi connectivity index (χ1n) is 11.6. The summed E-state index contributed by atoms with van der Waals surface area (Å²) in [6.07, 6.45) is 5.62. The van der Waals surface area contributed by atoms with E-state index in [1.807, 2.05) is 18.2 Å². The molecule has 0 unspecified atom stereocenters. The zero-order chi connectivity index (χ0) is 23.1. The molecule has 0 aromatic heterocycles. The highest BCUT2D eigenvalue weighted by atomic mass is 19.1. The Morgan fingerprint density at radius 1 is 1.16 bits per heavy atom. The topological polar surface area (TPSA) is 55.4 Å². The highest BCUT2D eigenvalue weighted by Crippen LogP contribution is 2.42. The summed E-state index contributed by atoms with van der Waals surface area (Å²) in [6, 6.07) is 12.9. The van der Waals surface area contributed by atoms with Gasteiger partial charge in [-0.15, -0.1) is 0 Å². The summed E-state index contributed by atoms with van der Waals surface area (Å²) in [5, 5.41) is 2.87. The Morgan fingerprint density at radius 3 is 2.59 bits per heavy atom. The first-order valence-corrected chi connectivity index (χ1v) is 11.6. The molecule has 1 fully saturated rings. The normalized spacial score (nSPS) is 18.9. The van der Waals surface area contributed by atoms with Crippen molar-refractivity contribution in [3.05, 3.63) is 65.0 Å². The van der Waals surface area contributed by atoms with Gasteiger partial charge in [-0.05, 0) is 92.2 Å². The van der Waals surface area contributed by atoms with Crippen LogP contribution in [0.5, 0.6) is 5.75 Å². The molecule has 0 radical (unpaired) electrons. The van der Waals surface area contributed by atoms with Gasteiger partial charge in [0.05, 0.1) is 7.11 Å². The first kappa shape index (κ1) is 24.0. The van der Waals surface area contributed by atoms with Gasteiger partial charge >= 0.3 is 0 Å². The molecule has 3 rings (SSSR count). The zero-order valence-corrected chi connectivity index (χ0v) is 19.3. The van der Waals surface area contributed by atoms with Crippen molar-refractivity contribution in [1.29, 1.82) is 0 Å². The molecule has 1 aliphatic rings. The van der Waals surface area contributed by atoms with Crippen LogP contribution in [-0.4, -0.2) is 25.3 Å². The number of Topliss-reactive ketones (excluding diaryl/α,β-unsaturated/α-hetero) is 1. The molecule has 0 saturated heterocycles. The van der Waals surface area contributed by atoms with Gasteiger partial charge < -0.3 is 14.8 Å². The maximum absolute atomic E-state index is 13.9. The average Bonchev–Trinajstić information content (AvgIpc) is 3.24. The number of carbonyl (C=O) groups is 2. The molecular formula is C27H34FNO3. The number of hydrogen-bond acceptors (Lipinski definition) is 3. The summed E-state index contributed by atoms with van der Waals surface area (Å²) in [5.41, 5.74) is 2.92. The number of nitrogens with one attached hydrogen (secondary N) is 1. The molecule has 3 atom stereocenters. The Hall–Kier alpha value is -2.69. The first-order chi connectivity index (χ1) is 15.4. The number of halogens is 1. The third-order valence-electron chi connectivity index (χ3n) is 6.56. The third-order valence-corrected chi connectivity index (χ3v) is 6.56. The van der Waals surface area contributed by atoms with E-state index in [0.29, 0.717) is 42.5 Å². The fourth-order valence-corrected chi connectivity index (χ4v) is 4.76. The number of ether oxygens (including phenoxy) is 1. The van der Waals surface area contributed by atoms with Crippen molar-refractivity contribution in [3.8, 4) is 5.75 Å². The van der Waals surface area contributed by atoms with Gasteiger partial charge in [-0.25, -0.2) is 4.39 Å². The van der Waals surface area contributed by atoms with Crippen LogP contribution in [0.2, 0.25) is 0 Å². The molecule has 1 amide bonds. The molecule has 1 saturated carbocycles. The van der Waals surface area contributed by atoms with E-state index in [-0.39, 0.29) is 23.4 Å². The lowest BCUT2D eigenvalue weighted by molar-refractivity contribution is -0.117. The van der Waals surface area contributed by atoms with E-state index >= 15 is 0 Å². The van der Waals surface area contributed by atoms with Gasteiger partial charge in [0, 0.05) is 24.6 Å². The molecular weight excluding hydrogens is 405 g/mol. The van der Waals surface area contributed by atoms with Crippen molar-refractivity contribution in [2.75, 3.05) is 13.7 Å². The van der Waals surface area contributed by atoms with Gasteiger partial charge in [-0.1, -0.05) is 19.1 Å². The minimum Gasteiger partial charge on any atom is -0.497 e. The summed E-state index contributed by atoms with van der Waals surface area (Å²) in [4.78, 5) is 23.3. The second-order valence-electron chi connectivity index (χ2n) is 9.12. The van der Waals surface area contributed by atoms with Crippen molar-refractivity contribution in [2.45, 2.75) is 64.2 Å². The highest BCUT2D eigenvalue weighted by Gasteiger charge is 2.27. The van der Waals surface area contributed by atoms with Crippen LogP contribution in [0.25, 0.3) is 0 Å². The van der Waals surface area contributed by atoms with Gasteiger partial charge in [0.15, 0.2) is 0 Å². The van der Waals surface area contributed by atoms with E-state index in [1.165, 1.54) is 18.1 Å². The molecule has 1 aliphatic carbocycles. The van der Waals surface area contributed by atoms with Gasteiger partial charge in [-0.3, -0.25) is 4.79 Å². The largest absolute Gasteiger partial charge is 0.497 e. The predicted molar refractivity (Wildman–Crippen MR) is 125 cm³/mol. The van der Waals surface area contributed by atoms with Crippen LogP contribution in [0.4, 0.5) is 4.39 Å². The Kier molecular flexibility index (Phi) is 8.43. The number of ketones is 1. The van der Waals surface area contributed by atoms with E-state index in [2.05, 4.69) is 24.4 Å². The van der Waals surface area contributed by atoms with Crippen LogP contribution in [-0.2, 0) is 4.79 Å². The molecule has 4 nitrogen and oxygen atoms in total. The molecule has 2 aromatic rings. The molecule has 0 aliphatic heterocycles. The molecule has 5 heteroatoms. The van der Waals surface area contributed by atoms with Crippen molar-refractivity contribution in [1.82, 2.24) is 5.32 Å². The van der Waals surface area contributed by atoms with E-state index in [4.69, 9.17) is 4.74 Å². The Balaban J connectivity index is 1.51. The number of amides is 1. The quantitative estimate of drug-likeness (QED) is 0.461. The van der Waals surface area contributed by atoms with Gasteiger partial charge in [0.25, 0.3) is 5.91 Å². The predicted octanol–water partition coefficient (Wildman–Crippen LogP) is 6.01. The SMILES string of the molecule is COc1cc(F)cc([C@@H](C)C[C@H]2CC[C@@H](c3ccc(C(=O)NCCCC(C)=O)cc3)C2)c1. The second kappa shape index (κ2) is 11.3. The number of rotatable bonds is 10. The van der Waals surface area contributed by atoms with Crippen molar-refractivity contribution in [2.24, 2.45) is 5.92 Å². The number of benzene rings is 2. The molecule has 0 bridgehead atoms. The van der Waals surface area contributed by atoms with Crippen LogP contribution in [0.3, 0.4) is 0 Å². The van der Waals surface area contributed by atoms with E-state index in [0.717, 1.165) is 24.8 Å². The minimum atomic E-state index is -0.251. The lowest BCUT2D eigenvalue weighted by Gasteiger charge is -2.18. The van der Waals surface area contributed by atoms with Crippen LogP contribution in [0, 0.1) is 11.7 Å². The summed E-state index contributed by atoms with van der Waals surface area (Å²) in [7, 11) is 1.56. The molecule has 1 N–H and O–H groups in total. The standard InChI is InChI=1S/C27H34FNO3/c1-18(24-15-25(28)17-26(16-24)32-3)13-20-6-7-23(14-20)21-8-10-22(11-9-21)27(31)29-12-4-5-19(2)30/h8-11,15-18,20,23H,4-7,12-14H2,1-3H3,(H,29,31)/t18-,20+,23+/m0/s1. The van der Waals surface area contributed by atoms with E-state index in [9.17, 15) is 14.0 Å². The number of methoxy groups -OCH3 is 1. The lowest BCUT2D eigenvalue weighted by Crippen LogP contribution is -2.24. The summed E-state index contributed by atoms with van der Waals surface area (Å²) in [6.45, 7) is 4.23. The summed E-state index contributed by atoms with van der Waals surface area (Å²) in [5.74, 6) is 1.75. The summed E-state index contributed by atoms with van der Waals surface area (Å²) < 4.78 is 19.1. The van der Waals surface area contributed by atoms with Gasteiger partial charge in [-0.2, -0.15) is 0 Å². The highest BCUT2D eigenvalue weighted by molar-refractivity contribution is 5.94. The van der Waals surface area contributed by atoms with Crippen LogP contribution < -0.4 is 10.1 Å². The number of carbonyl (C=O) groups excluding carboxylic acids is 2. The molecule has 32 heavy (non-hydrogen) atoms. The van der Waals surface area contributed by atoms with Crippen LogP contribution >= 0.6 is 0 Å². The zero-order valence-electron chi connectivity index (χ0n) is 19.3. The fourth-order valence-electron chi connectivity index (χ4n) is 4.76. The maximum Gasteiger partial charge on any atom is 0.251 e. The Labute approximate surface area is 190 Å². The lowest BCUT2D eigenvalue weighted by atomic mass is 9.88. The van der Waals surface area contributed by atoms with Crippen LogP contribution in [0.1, 0.15) is 85.7 Å². The van der Waals surface area contributed by atoms with Gasteiger partial charge in [0.2, 0.25) is 0 Å². The molecule has 0 heterocycles. The van der Waals surface area contributed by atoms with Crippen LogP contribution in [0.15, 0.2) is 42.5 Å². The maximum atomic E-state index is 13.9. The molecule has 0 spiro atoms. The van der Waals surface area contributed by atoms with E-state index in [1.54, 1.807) is 20.1 Å². The third kappa shape index (κ3) is 6.65. The second-order valence-corrected chi connectivity index (χ2v) is 9.12. The smallest absolute Gasteiger partial charge is 0.251 e. The average molecular weight is 440 g/mol. The minimum absolute atomic E-state index is 0.0938. The Morgan fingerprint density at radius 2 is 1.91 bits per heavy atom. The molecule has 2 aromatic carbocycles. The van der Waals surface area contributed by atoms with Gasteiger partial charge in [0.1, 0.15) is 17.3 Å². The fraction of sp³-hybridized carbons (Fsp3) is 0.481. The van der Waals surface area contributed by atoms with Crippen molar-refractivity contribution in [3.63, 3.8) is 0 Å². The summed E-state index contributed by atoms with van der Waals surface area (Å²) >= 11 is 0. The molecule has 172 valence electrons. The van der Waals surface area contributed by atoms with Crippen molar-refractivity contribution < 1.29 is 18.7 Å². The van der Waals surface area contributed by atoms with E-state index < -0.39 is 0 Å². The Bertz CT molecular complexity index is 925. The monoisotopic (exact) mass is 439 g/mol. The van der Waals surface area contributed by atoms with Crippen molar-refractivity contribution >= 4 is 11.7 Å². The number of hydrogen-bond donors (Lipinski definition) is 1.